The number of hydrogen-bond donors (Lipinski definition) is 1. The molecule has 0 saturated carbocycles. The molecule has 156 valence electrons. The molecule has 0 aliphatic rings. The minimum absolute atomic E-state index is 0.269. The fourth-order valence-electron chi connectivity index (χ4n) is 2.80. The van der Waals surface area contributed by atoms with Crippen LogP contribution in [-0.2, 0) is 4.79 Å². The van der Waals surface area contributed by atoms with E-state index in [1.807, 2.05) is 42.6 Å². The molecule has 4 aromatic rings. The number of nitrogens with one attached hydrogen (secondary N) is 1. The van der Waals surface area contributed by atoms with E-state index in [-0.39, 0.29) is 5.91 Å². The second kappa shape index (κ2) is 9.04. The van der Waals surface area contributed by atoms with Gasteiger partial charge in [-0.2, -0.15) is 4.98 Å². The van der Waals surface area contributed by atoms with Gasteiger partial charge < -0.3 is 14.6 Å². The predicted octanol–water partition coefficient (Wildman–Crippen LogP) is 3.22. The summed E-state index contributed by atoms with van der Waals surface area (Å²) in [7, 11) is 1.61. The number of hydrogen-bond acceptors (Lipinski definition) is 7. The Morgan fingerprint density at radius 1 is 1.23 bits per heavy atom. The van der Waals surface area contributed by atoms with E-state index in [1.165, 1.54) is 6.08 Å². The van der Waals surface area contributed by atoms with Crippen molar-refractivity contribution in [2.45, 2.75) is 13.0 Å². The number of carbonyl (C=O) groups is 1. The van der Waals surface area contributed by atoms with Crippen LogP contribution in [-0.4, -0.2) is 37.7 Å². The average Bonchev–Trinajstić information content (AvgIpc) is 3.51. The molecule has 4 rings (SSSR count). The molecule has 0 radical (unpaired) electrons. The summed E-state index contributed by atoms with van der Waals surface area (Å²) in [5.74, 6) is 1.92. The van der Waals surface area contributed by atoms with Crippen LogP contribution in [0.1, 0.15) is 24.4 Å². The first-order valence-corrected chi connectivity index (χ1v) is 9.53. The highest BCUT2D eigenvalue weighted by molar-refractivity contribution is 5.91. The highest BCUT2D eigenvalue weighted by Gasteiger charge is 2.16. The van der Waals surface area contributed by atoms with Gasteiger partial charge >= 0.3 is 0 Å². The van der Waals surface area contributed by atoms with Crippen LogP contribution in [0.5, 0.6) is 5.75 Å². The van der Waals surface area contributed by atoms with Crippen LogP contribution in [0.3, 0.4) is 0 Å². The lowest BCUT2D eigenvalue weighted by molar-refractivity contribution is -0.117. The van der Waals surface area contributed by atoms with Crippen molar-refractivity contribution in [3.63, 3.8) is 0 Å². The fourth-order valence-corrected chi connectivity index (χ4v) is 2.80. The van der Waals surface area contributed by atoms with Gasteiger partial charge in [0.25, 0.3) is 0 Å². The first-order valence-electron chi connectivity index (χ1n) is 9.53. The van der Waals surface area contributed by atoms with E-state index in [4.69, 9.17) is 9.26 Å². The predicted molar refractivity (Wildman–Crippen MR) is 113 cm³/mol. The maximum absolute atomic E-state index is 12.2. The molecule has 9 heteroatoms. The Balaban J connectivity index is 1.37. The monoisotopic (exact) mass is 416 g/mol. The quantitative estimate of drug-likeness (QED) is 0.461. The molecule has 1 amide bonds. The molecule has 9 nitrogen and oxygen atoms in total. The molecule has 1 N–H and O–H groups in total. The number of imidazole rings is 1. The zero-order valence-corrected chi connectivity index (χ0v) is 17.0. The van der Waals surface area contributed by atoms with Gasteiger partial charge in [0.2, 0.25) is 17.6 Å². The molecule has 0 saturated heterocycles. The van der Waals surface area contributed by atoms with Crippen LogP contribution in [0.25, 0.3) is 23.3 Å². The number of carbonyl (C=O) groups excluding carboxylic acids is 1. The second-order valence-corrected chi connectivity index (χ2v) is 6.67. The number of amides is 1. The number of benzene rings is 1. The van der Waals surface area contributed by atoms with Crippen molar-refractivity contribution in [3.8, 4) is 23.0 Å². The lowest BCUT2D eigenvalue weighted by atomic mass is 10.2. The second-order valence-electron chi connectivity index (χ2n) is 6.67. The summed E-state index contributed by atoms with van der Waals surface area (Å²) >= 11 is 0. The maximum atomic E-state index is 12.2. The number of methoxy groups -OCH3 is 1. The molecule has 3 heterocycles. The summed E-state index contributed by atoms with van der Waals surface area (Å²) in [6.45, 7) is 1.77. The Bertz CT molecular complexity index is 1160. The number of aromatic nitrogens is 5. The molecular formula is C22H20N6O3. The first-order chi connectivity index (χ1) is 15.1. The van der Waals surface area contributed by atoms with Gasteiger partial charge in [0, 0.05) is 30.2 Å². The molecule has 3 aromatic heterocycles. The van der Waals surface area contributed by atoms with Crippen molar-refractivity contribution in [2.75, 3.05) is 7.11 Å². The molecule has 1 aromatic carbocycles. The number of ether oxygens (including phenoxy) is 1. The normalized spacial score (nSPS) is 12.1. The molecule has 1 unspecified atom stereocenters. The summed E-state index contributed by atoms with van der Waals surface area (Å²) in [5.41, 5.74) is 1.59. The van der Waals surface area contributed by atoms with Crippen molar-refractivity contribution >= 4 is 12.0 Å². The topological polar surface area (TPSA) is 108 Å². The van der Waals surface area contributed by atoms with Crippen molar-refractivity contribution in [3.05, 3.63) is 78.8 Å². The number of rotatable bonds is 7. The van der Waals surface area contributed by atoms with Crippen molar-refractivity contribution in [1.82, 2.24) is 30.0 Å². The largest absolute Gasteiger partial charge is 0.497 e. The summed E-state index contributed by atoms with van der Waals surface area (Å²) in [6.07, 6.45) is 9.99. The van der Waals surface area contributed by atoms with Gasteiger partial charge in [-0.05, 0) is 42.8 Å². The van der Waals surface area contributed by atoms with Gasteiger partial charge in [-0.1, -0.05) is 17.3 Å². The zero-order chi connectivity index (χ0) is 21.6. The van der Waals surface area contributed by atoms with Crippen LogP contribution >= 0.6 is 0 Å². The third-order valence-corrected chi connectivity index (χ3v) is 4.49. The van der Waals surface area contributed by atoms with E-state index in [2.05, 4.69) is 25.4 Å². The standard InChI is InChI=1S/C22H20N6O3/c1-15(25-20(29)10-5-16-3-7-18(30-2)8-4-16)22-26-21(27-31-22)17-6-9-19(24-13-17)28-12-11-23-14-28/h3-15H,1-2H3,(H,25,29)/b10-5+. The Morgan fingerprint density at radius 2 is 2.06 bits per heavy atom. The highest BCUT2D eigenvalue weighted by atomic mass is 16.5. The van der Waals surface area contributed by atoms with E-state index in [1.54, 1.807) is 43.4 Å². The molecular weight excluding hydrogens is 396 g/mol. The van der Waals surface area contributed by atoms with Gasteiger partial charge in [0.15, 0.2) is 0 Å². The number of pyridine rings is 1. The number of nitrogens with zero attached hydrogens (tertiary/aromatic N) is 5. The molecule has 0 spiro atoms. The summed E-state index contributed by atoms with van der Waals surface area (Å²) in [6, 6.07) is 10.6. The smallest absolute Gasteiger partial charge is 0.249 e. The van der Waals surface area contributed by atoms with E-state index in [9.17, 15) is 4.79 Å². The van der Waals surface area contributed by atoms with Crippen LogP contribution in [0.15, 0.2) is 71.9 Å². The molecule has 0 aliphatic carbocycles. The molecule has 0 bridgehead atoms. The van der Waals surface area contributed by atoms with E-state index in [0.717, 1.165) is 17.1 Å². The minimum atomic E-state index is -0.451. The van der Waals surface area contributed by atoms with Gasteiger partial charge in [-0.15, -0.1) is 0 Å². The summed E-state index contributed by atoms with van der Waals surface area (Å²) in [4.78, 5) is 25.0. The van der Waals surface area contributed by atoms with Crippen molar-refractivity contribution < 1.29 is 14.1 Å². The van der Waals surface area contributed by atoms with Crippen LogP contribution in [0.4, 0.5) is 0 Å². The molecule has 1 atom stereocenters. The zero-order valence-electron chi connectivity index (χ0n) is 17.0. The van der Waals surface area contributed by atoms with E-state index in [0.29, 0.717) is 17.3 Å². The van der Waals surface area contributed by atoms with Crippen molar-refractivity contribution in [1.29, 1.82) is 0 Å². The maximum Gasteiger partial charge on any atom is 0.249 e. The van der Waals surface area contributed by atoms with Crippen LogP contribution in [0.2, 0.25) is 0 Å². The Kier molecular flexibility index (Phi) is 5.84. The van der Waals surface area contributed by atoms with Crippen LogP contribution in [0, 0.1) is 0 Å². The van der Waals surface area contributed by atoms with Gasteiger partial charge in [-0.25, -0.2) is 9.97 Å². The van der Waals surface area contributed by atoms with Gasteiger partial charge in [-0.3, -0.25) is 9.36 Å². The highest BCUT2D eigenvalue weighted by Crippen LogP contribution is 2.19. The molecule has 31 heavy (non-hydrogen) atoms. The van der Waals surface area contributed by atoms with E-state index >= 15 is 0 Å². The Labute approximate surface area is 178 Å². The SMILES string of the molecule is COc1ccc(/C=C/C(=O)NC(C)c2nc(-c3ccc(-n4ccnc4)nc3)no2)cc1. The van der Waals surface area contributed by atoms with Crippen LogP contribution < -0.4 is 10.1 Å². The minimum Gasteiger partial charge on any atom is -0.497 e. The average molecular weight is 416 g/mol. The lowest BCUT2D eigenvalue weighted by Gasteiger charge is -2.07. The molecule has 0 fully saturated rings. The molecule has 0 aliphatic heterocycles. The Hall–Kier alpha value is -4.27. The third kappa shape index (κ3) is 4.84. The van der Waals surface area contributed by atoms with Crippen molar-refractivity contribution in [2.24, 2.45) is 0 Å². The van der Waals surface area contributed by atoms with Gasteiger partial charge in [0.05, 0.1) is 7.11 Å². The lowest BCUT2D eigenvalue weighted by Crippen LogP contribution is -2.24. The first kappa shape index (κ1) is 20.0. The van der Waals surface area contributed by atoms with E-state index < -0.39 is 6.04 Å². The van der Waals surface area contributed by atoms with Gasteiger partial charge in [0.1, 0.15) is 23.9 Å². The fraction of sp³-hybridized carbons (Fsp3) is 0.136. The Morgan fingerprint density at radius 3 is 2.74 bits per heavy atom. The summed E-state index contributed by atoms with van der Waals surface area (Å²) < 4.78 is 12.2. The third-order valence-electron chi connectivity index (χ3n) is 4.49. The summed E-state index contributed by atoms with van der Waals surface area (Å²) in [5, 5.41) is 6.80.